The van der Waals surface area contributed by atoms with E-state index in [9.17, 15) is 13.2 Å². The average Bonchev–Trinajstić information content (AvgIpc) is 2.43. The summed E-state index contributed by atoms with van der Waals surface area (Å²) >= 11 is 0. The molecule has 0 heterocycles. The van der Waals surface area contributed by atoms with Gasteiger partial charge < -0.3 is 10.2 Å². The Morgan fingerprint density at radius 1 is 1.27 bits per heavy atom. The molecule has 0 fully saturated rings. The SMILES string of the molecule is CN(C)CCN(CC(=O)NCCC1=CCCCC1)S(C)(=O)=O. The van der Waals surface area contributed by atoms with Gasteiger partial charge in [0.15, 0.2) is 0 Å². The van der Waals surface area contributed by atoms with Gasteiger partial charge in [0.05, 0.1) is 12.8 Å². The smallest absolute Gasteiger partial charge is 0.235 e. The van der Waals surface area contributed by atoms with Crippen molar-refractivity contribution < 1.29 is 13.2 Å². The van der Waals surface area contributed by atoms with E-state index in [1.807, 2.05) is 19.0 Å². The molecule has 1 N–H and O–H groups in total. The molecule has 0 radical (unpaired) electrons. The molecule has 0 aliphatic heterocycles. The van der Waals surface area contributed by atoms with Crippen molar-refractivity contribution >= 4 is 15.9 Å². The van der Waals surface area contributed by atoms with Crippen molar-refractivity contribution in [3.63, 3.8) is 0 Å². The Labute approximate surface area is 134 Å². The van der Waals surface area contributed by atoms with Gasteiger partial charge in [-0.1, -0.05) is 11.6 Å². The number of nitrogens with one attached hydrogen (secondary N) is 1. The average molecular weight is 331 g/mol. The summed E-state index contributed by atoms with van der Waals surface area (Å²) in [6, 6.07) is 0. The number of nitrogens with zero attached hydrogens (tertiary/aromatic N) is 2. The number of hydrogen-bond acceptors (Lipinski definition) is 4. The number of carbonyl (C=O) groups is 1. The first kappa shape index (κ1) is 19.1. The van der Waals surface area contributed by atoms with Gasteiger partial charge in [0.25, 0.3) is 0 Å². The highest BCUT2D eigenvalue weighted by Crippen LogP contribution is 2.19. The fourth-order valence-electron chi connectivity index (χ4n) is 2.38. The van der Waals surface area contributed by atoms with Crippen LogP contribution in [0.5, 0.6) is 0 Å². The molecular formula is C15H29N3O3S. The Bertz CT molecular complexity index is 486. The van der Waals surface area contributed by atoms with Crippen molar-refractivity contribution in [2.75, 3.05) is 46.5 Å². The third-order valence-electron chi connectivity index (χ3n) is 3.74. The molecule has 0 aromatic heterocycles. The highest BCUT2D eigenvalue weighted by molar-refractivity contribution is 7.88. The minimum absolute atomic E-state index is 0.105. The molecule has 6 nitrogen and oxygen atoms in total. The minimum atomic E-state index is -3.37. The quantitative estimate of drug-likeness (QED) is 0.635. The van der Waals surface area contributed by atoms with Crippen LogP contribution in [0.2, 0.25) is 0 Å². The number of allylic oxidation sites excluding steroid dienone is 1. The Balaban J connectivity index is 2.37. The Hall–Kier alpha value is -0.920. The molecule has 0 saturated heterocycles. The van der Waals surface area contributed by atoms with E-state index >= 15 is 0 Å². The van der Waals surface area contributed by atoms with Gasteiger partial charge >= 0.3 is 0 Å². The second kappa shape index (κ2) is 9.27. The van der Waals surface area contributed by atoms with Crippen molar-refractivity contribution in [3.05, 3.63) is 11.6 Å². The molecule has 7 heteroatoms. The summed E-state index contributed by atoms with van der Waals surface area (Å²) in [7, 11) is 0.380. The van der Waals surface area contributed by atoms with Crippen LogP contribution in [0.15, 0.2) is 11.6 Å². The second-order valence-corrected chi connectivity index (χ2v) is 8.09. The van der Waals surface area contributed by atoms with E-state index in [0.717, 1.165) is 25.5 Å². The number of amides is 1. The number of likely N-dealkylation sites (N-methyl/N-ethyl adjacent to an activating group) is 1. The van der Waals surface area contributed by atoms with E-state index in [1.54, 1.807) is 0 Å². The molecule has 0 spiro atoms. The lowest BCUT2D eigenvalue weighted by atomic mass is 9.97. The maximum atomic E-state index is 11.9. The molecule has 1 amide bonds. The molecule has 128 valence electrons. The van der Waals surface area contributed by atoms with Crippen LogP contribution < -0.4 is 5.32 Å². The van der Waals surface area contributed by atoms with Crippen LogP contribution in [0.1, 0.15) is 32.1 Å². The van der Waals surface area contributed by atoms with E-state index in [0.29, 0.717) is 19.6 Å². The summed E-state index contributed by atoms with van der Waals surface area (Å²) in [6.07, 6.45) is 9.00. The fourth-order valence-corrected chi connectivity index (χ4v) is 3.15. The second-order valence-electron chi connectivity index (χ2n) is 6.11. The lowest BCUT2D eigenvalue weighted by Gasteiger charge is -2.21. The van der Waals surface area contributed by atoms with Crippen molar-refractivity contribution in [2.24, 2.45) is 0 Å². The third-order valence-corrected chi connectivity index (χ3v) is 4.99. The molecule has 0 saturated carbocycles. The maximum Gasteiger partial charge on any atom is 0.235 e. The zero-order chi connectivity index (χ0) is 16.6. The van der Waals surface area contributed by atoms with Gasteiger partial charge in [-0.3, -0.25) is 4.79 Å². The number of hydrogen-bond donors (Lipinski definition) is 1. The van der Waals surface area contributed by atoms with Gasteiger partial charge in [-0.15, -0.1) is 0 Å². The van der Waals surface area contributed by atoms with Gasteiger partial charge in [-0.05, 0) is 46.2 Å². The molecule has 0 aromatic rings. The highest BCUT2D eigenvalue weighted by atomic mass is 32.2. The molecule has 1 rings (SSSR count). The highest BCUT2D eigenvalue weighted by Gasteiger charge is 2.19. The normalized spacial score (nSPS) is 16.0. The zero-order valence-electron chi connectivity index (χ0n) is 14.0. The van der Waals surface area contributed by atoms with Gasteiger partial charge in [0.1, 0.15) is 0 Å². The van der Waals surface area contributed by atoms with Crippen LogP contribution >= 0.6 is 0 Å². The predicted molar refractivity (Wildman–Crippen MR) is 89.1 cm³/mol. The number of rotatable bonds is 9. The molecule has 0 aromatic carbocycles. The third kappa shape index (κ3) is 7.91. The van der Waals surface area contributed by atoms with Gasteiger partial charge in [-0.25, -0.2) is 8.42 Å². The summed E-state index contributed by atoms with van der Waals surface area (Å²) in [5, 5.41) is 2.82. The first-order valence-corrected chi connectivity index (χ1v) is 9.68. The largest absolute Gasteiger partial charge is 0.355 e. The van der Waals surface area contributed by atoms with Gasteiger partial charge in [0.2, 0.25) is 15.9 Å². The van der Waals surface area contributed by atoms with Gasteiger partial charge in [-0.2, -0.15) is 4.31 Å². The fraction of sp³-hybridized carbons (Fsp3) is 0.800. The van der Waals surface area contributed by atoms with Crippen molar-refractivity contribution in [1.29, 1.82) is 0 Å². The van der Waals surface area contributed by atoms with E-state index in [1.165, 1.54) is 22.7 Å². The van der Waals surface area contributed by atoms with E-state index in [4.69, 9.17) is 0 Å². The summed E-state index contributed by atoms with van der Waals surface area (Å²) in [5.41, 5.74) is 1.40. The van der Waals surface area contributed by atoms with Crippen LogP contribution in [0.25, 0.3) is 0 Å². The standard InChI is InChI=1S/C15H29N3O3S/c1-17(2)11-12-18(22(3,20)21)13-15(19)16-10-9-14-7-5-4-6-8-14/h7H,4-6,8-13H2,1-3H3,(H,16,19). The summed E-state index contributed by atoms with van der Waals surface area (Å²) in [6.45, 7) is 1.39. The lowest BCUT2D eigenvalue weighted by Crippen LogP contribution is -2.43. The molecule has 1 aliphatic rings. The van der Waals surface area contributed by atoms with Crippen LogP contribution in [0.3, 0.4) is 0 Å². The van der Waals surface area contributed by atoms with Crippen LogP contribution in [-0.2, 0) is 14.8 Å². The van der Waals surface area contributed by atoms with Gasteiger partial charge in [0, 0.05) is 19.6 Å². The Kier molecular flexibility index (Phi) is 8.06. The monoisotopic (exact) mass is 331 g/mol. The van der Waals surface area contributed by atoms with Crippen LogP contribution in [0, 0.1) is 0 Å². The topological polar surface area (TPSA) is 69.7 Å². The number of sulfonamides is 1. The molecular weight excluding hydrogens is 302 g/mol. The first-order chi connectivity index (χ1) is 10.3. The molecule has 22 heavy (non-hydrogen) atoms. The van der Waals surface area contributed by atoms with Crippen molar-refractivity contribution in [1.82, 2.24) is 14.5 Å². The molecule has 0 bridgehead atoms. The van der Waals surface area contributed by atoms with E-state index in [2.05, 4.69) is 11.4 Å². The maximum absolute atomic E-state index is 11.9. The number of carbonyl (C=O) groups excluding carboxylic acids is 1. The summed E-state index contributed by atoms with van der Waals surface area (Å²) in [4.78, 5) is 13.8. The van der Waals surface area contributed by atoms with E-state index in [-0.39, 0.29) is 12.5 Å². The predicted octanol–water partition coefficient (Wildman–Crippen LogP) is 0.816. The molecule has 0 atom stereocenters. The van der Waals surface area contributed by atoms with Crippen molar-refractivity contribution in [2.45, 2.75) is 32.1 Å². The summed E-state index contributed by atoms with van der Waals surface area (Å²) in [5.74, 6) is -0.236. The Morgan fingerprint density at radius 3 is 2.55 bits per heavy atom. The summed E-state index contributed by atoms with van der Waals surface area (Å²) < 4.78 is 24.7. The Morgan fingerprint density at radius 2 is 2.00 bits per heavy atom. The van der Waals surface area contributed by atoms with E-state index < -0.39 is 10.0 Å². The van der Waals surface area contributed by atoms with Crippen LogP contribution in [0.4, 0.5) is 0 Å². The van der Waals surface area contributed by atoms with Crippen molar-refractivity contribution in [3.8, 4) is 0 Å². The lowest BCUT2D eigenvalue weighted by molar-refractivity contribution is -0.121. The zero-order valence-corrected chi connectivity index (χ0v) is 14.8. The molecule has 1 aliphatic carbocycles. The first-order valence-electron chi connectivity index (χ1n) is 7.83. The molecule has 0 unspecified atom stereocenters. The minimum Gasteiger partial charge on any atom is -0.355 e. The van der Waals surface area contributed by atoms with Crippen LogP contribution in [-0.4, -0.2) is 70.1 Å².